The van der Waals surface area contributed by atoms with E-state index >= 15 is 0 Å². The molecule has 0 saturated carbocycles. The Kier molecular flexibility index (Phi) is 5.78. The van der Waals surface area contributed by atoms with Crippen molar-refractivity contribution in [1.29, 1.82) is 0 Å². The quantitative estimate of drug-likeness (QED) is 0.821. The van der Waals surface area contributed by atoms with Crippen LogP contribution in [0.5, 0.6) is 0 Å². The van der Waals surface area contributed by atoms with Crippen molar-refractivity contribution in [2.45, 2.75) is 6.92 Å². The molecule has 1 N–H and O–H groups in total. The van der Waals surface area contributed by atoms with Gasteiger partial charge in [0.1, 0.15) is 5.69 Å². The van der Waals surface area contributed by atoms with Crippen LogP contribution < -0.4 is 5.32 Å². The number of rotatable bonds is 6. The number of aryl methyl sites for hydroxylation is 1. The van der Waals surface area contributed by atoms with Gasteiger partial charge >= 0.3 is 0 Å². The van der Waals surface area contributed by atoms with E-state index in [2.05, 4.69) is 26.8 Å². The number of pyridine rings is 1. The lowest BCUT2D eigenvalue weighted by Gasteiger charge is -2.09. The molecule has 0 atom stereocenters. The van der Waals surface area contributed by atoms with Crippen LogP contribution in [0.1, 0.15) is 11.4 Å². The van der Waals surface area contributed by atoms with Crippen molar-refractivity contribution >= 4 is 17.2 Å². The van der Waals surface area contributed by atoms with E-state index in [0.717, 1.165) is 17.6 Å². The molecule has 0 aromatic carbocycles. The second-order valence-electron chi connectivity index (χ2n) is 5.34. The Labute approximate surface area is 141 Å². The molecule has 0 aliphatic rings. The van der Waals surface area contributed by atoms with Crippen molar-refractivity contribution in [3.05, 3.63) is 72.7 Å². The fourth-order valence-electron chi connectivity index (χ4n) is 1.95. The molecule has 2 aromatic rings. The molecule has 0 aliphatic heterocycles. The maximum atomic E-state index is 14.2. The highest BCUT2D eigenvalue weighted by atomic mass is 19.1. The van der Waals surface area contributed by atoms with E-state index in [0.29, 0.717) is 11.5 Å². The molecule has 0 aliphatic carbocycles. The Morgan fingerprint density at radius 3 is 2.79 bits per heavy atom. The zero-order valence-corrected chi connectivity index (χ0v) is 14.0. The van der Waals surface area contributed by atoms with Gasteiger partial charge in [-0.3, -0.25) is 4.98 Å². The van der Waals surface area contributed by atoms with Crippen molar-refractivity contribution in [3.8, 4) is 0 Å². The van der Waals surface area contributed by atoms with Gasteiger partial charge in [0.2, 0.25) is 5.95 Å². The first-order valence-corrected chi connectivity index (χ1v) is 7.39. The summed E-state index contributed by atoms with van der Waals surface area (Å²) in [6.07, 6.45) is 9.72. The third-order valence-electron chi connectivity index (χ3n) is 3.02. The van der Waals surface area contributed by atoms with Gasteiger partial charge in [-0.05, 0) is 31.3 Å². The van der Waals surface area contributed by atoms with Crippen LogP contribution in [0.3, 0.4) is 0 Å². The predicted octanol–water partition coefficient (Wildman–Crippen LogP) is 3.71. The number of hydrogen-bond acceptors (Lipinski definition) is 5. The average molecular weight is 325 g/mol. The van der Waals surface area contributed by atoms with Crippen LogP contribution in [0.2, 0.25) is 0 Å². The number of anilines is 2. The lowest BCUT2D eigenvalue weighted by Crippen LogP contribution is -2.04. The molecular formula is C18H20FN5. The van der Waals surface area contributed by atoms with Crippen LogP contribution in [-0.2, 0) is 0 Å². The Morgan fingerprint density at radius 1 is 1.33 bits per heavy atom. The highest BCUT2D eigenvalue weighted by molar-refractivity contribution is 5.73. The van der Waals surface area contributed by atoms with Gasteiger partial charge in [-0.2, -0.15) is 0 Å². The molecule has 0 amide bonds. The summed E-state index contributed by atoms with van der Waals surface area (Å²) in [6.45, 7) is 5.56. The van der Waals surface area contributed by atoms with Gasteiger partial charge in [-0.1, -0.05) is 18.7 Å². The van der Waals surface area contributed by atoms with Crippen molar-refractivity contribution in [1.82, 2.24) is 19.9 Å². The summed E-state index contributed by atoms with van der Waals surface area (Å²) in [7, 11) is 3.77. The van der Waals surface area contributed by atoms with Gasteiger partial charge in [0.15, 0.2) is 5.82 Å². The second kappa shape index (κ2) is 8.01. The summed E-state index contributed by atoms with van der Waals surface area (Å²) in [5.74, 6) is -0.187. The van der Waals surface area contributed by atoms with Crippen LogP contribution in [0, 0.1) is 12.7 Å². The molecule has 0 bridgehead atoms. The number of allylic oxidation sites excluding steroid dienone is 4. The second-order valence-corrected chi connectivity index (χ2v) is 5.34. The van der Waals surface area contributed by atoms with Crippen LogP contribution >= 0.6 is 0 Å². The molecule has 0 radical (unpaired) electrons. The largest absolute Gasteiger partial charge is 0.383 e. The minimum atomic E-state index is -0.497. The van der Waals surface area contributed by atoms with E-state index in [1.165, 1.54) is 0 Å². The molecule has 5 nitrogen and oxygen atoms in total. The molecule has 124 valence electrons. The first-order chi connectivity index (χ1) is 11.5. The van der Waals surface area contributed by atoms with Crippen LogP contribution in [0.4, 0.5) is 16.0 Å². The fourth-order valence-corrected chi connectivity index (χ4v) is 1.95. The number of nitrogens with one attached hydrogen (secondary N) is 1. The normalized spacial score (nSPS) is 11.6. The standard InChI is InChI=1S/C18H20FN5/c1-5-6-14(8-10-24(3)4)17-16(19)12-21-18(23-17)22-15-7-9-20-13(2)11-15/h5-12H,1H2,2-4H3,(H,20,21,22,23)/b10-8-,14-6+. The smallest absolute Gasteiger partial charge is 0.227 e. The topological polar surface area (TPSA) is 53.9 Å². The first kappa shape index (κ1) is 17.3. The first-order valence-electron chi connectivity index (χ1n) is 7.39. The highest BCUT2D eigenvalue weighted by Gasteiger charge is 2.10. The molecule has 24 heavy (non-hydrogen) atoms. The lowest BCUT2D eigenvalue weighted by atomic mass is 10.1. The third kappa shape index (κ3) is 4.74. The maximum absolute atomic E-state index is 14.2. The summed E-state index contributed by atoms with van der Waals surface area (Å²) >= 11 is 0. The molecule has 2 aromatic heterocycles. The molecule has 0 saturated heterocycles. The minimum absolute atomic E-state index is 0.205. The Morgan fingerprint density at radius 2 is 2.12 bits per heavy atom. The summed E-state index contributed by atoms with van der Waals surface area (Å²) in [4.78, 5) is 14.3. The molecule has 0 spiro atoms. The highest BCUT2D eigenvalue weighted by Crippen LogP contribution is 2.20. The number of hydrogen-bond donors (Lipinski definition) is 1. The zero-order chi connectivity index (χ0) is 17.5. The Balaban J connectivity index is 2.36. The van der Waals surface area contributed by atoms with E-state index in [-0.39, 0.29) is 5.69 Å². The maximum Gasteiger partial charge on any atom is 0.227 e. The molecule has 2 rings (SSSR count). The van der Waals surface area contributed by atoms with Crippen molar-refractivity contribution in [2.24, 2.45) is 0 Å². The van der Waals surface area contributed by atoms with Gasteiger partial charge in [-0.15, -0.1) is 0 Å². The van der Waals surface area contributed by atoms with E-state index in [1.807, 2.05) is 38.2 Å². The van der Waals surface area contributed by atoms with E-state index < -0.39 is 5.82 Å². The van der Waals surface area contributed by atoms with Gasteiger partial charge < -0.3 is 10.2 Å². The minimum Gasteiger partial charge on any atom is -0.383 e. The molecule has 2 heterocycles. The van der Waals surface area contributed by atoms with Gasteiger partial charge in [0.05, 0.1) is 6.20 Å². The molecule has 0 fully saturated rings. The summed E-state index contributed by atoms with van der Waals surface area (Å²) in [5.41, 5.74) is 2.46. The average Bonchev–Trinajstić information content (AvgIpc) is 2.53. The van der Waals surface area contributed by atoms with Crippen LogP contribution in [0.25, 0.3) is 5.57 Å². The summed E-state index contributed by atoms with van der Waals surface area (Å²) in [5, 5.41) is 3.06. The number of nitrogens with zero attached hydrogens (tertiary/aromatic N) is 4. The summed E-state index contributed by atoms with van der Waals surface area (Å²) < 4.78 is 14.2. The summed E-state index contributed by atoms with van der Waals surface area (Å²) in [6, 6.07) is 3.66. The van der Waals surface area contributed by atoms with Crippen molar-refractivity contribution < 1.29 is 4.39 Å². The molecule has 6 heteroatoms. The van der Waals surface area contributed by atoms with Crippen LogP contribution in [0.15, 0.2) is 55.5 Å². The van der Waals surface area contributed by atoms with Crippen molar-refractivity contribution in [2.75, 3.05) is 19.4 Å². The van der Waals surface area contributed by atoms with E-state index in [9.17, 15) is 4.39 Å². The lowest BCUT2D eigenvalue weighted by molar-refractivity contribution is 0.564. The van der Waals surface area contributed by atoms with Crippen LogP contribution in [-0.4, -0.2) is 33.9 Å². The predicted molar refractivity (Wildman–Crippen MR) is 95.2 cm³/mol. The monoisotopic (exact) mass is 325 g/mol. The Bertz CT molecular complexity index is 781. The van der Waals surface area contributed by atoms with E-state index in [4.69, 9.17) is 0 Å². The molecule has 0 unspecified atom stereocenters. The number of aromatic nitrogens is 3. The van der Waals surface area contributed by atoms with E-state index in [1.54, 1.807) is 30.5 Å². The molecular weight excluding hydrogens is 305 g/mol. The fraction of sp³-hybridized carbons (Fsp3) is 0.167. The van der Waals surface area contributed by atoms with Gasteiger partial charge in [0, 0.05) is 37.2 Å². The third-order valence-corrected chi connectivity index (χ3v) is 3.02. The van der Waals surface area contributed by atoms with Gasteiger partial charge in [-0.25, -0.2) is 14.4 Å². The zero-order valence-electron chi connectivity index (χ0n) is 14.0. The SMILES string of the molecule is C=C/C=C(\C=C/N(C)C)c1nc(Nc2ccnc(C)c2)ncc1F. The number of halogens is 1. The van der Waals surface area contributed by atoms with Gasteiger partial charge in [0.25, 0.3) is 0 Å². The van der Waals surface area contributed by atoms with Crippen molar-refractivity contribution in [3.63, 3.8) is 0 Å². The Hall–Kier alpha value is -3.02.